The Morgan fingerprint density at radius 2 is 1.68 bits per heavy atom. The van der Waals surface area contributed by atoms with Crippen molar-refractivity contribution in [2.24, 2.45) is 11.7 Å². The molecule has 0 saturated heterocycles. The third kappa shape index (κ3) is 6.09. The lowest BCUT2D eigenvalue weighted by atomic mass is 10.1. The van der Waals surface area contributed by atoms with Gasteiger partial charge < -0.3 is 15.2 Å². The van der Waals surface area contributed by atoms with E-state index >= 15 is 0 Å². The van der Waals surface area contributed by atoms with Crippen molar-refractivity contribution in [3.05, 3.63) is 35.4 Å². The van der Waals surface area contributed by atoms with Crippen LogP contribution < -0.4 is 5.73 Å². The quantitative estimate of drug-likeness (QED) is 0.741. The van der Waals surface area contributed by atoms with Crippen LogP contribution in [0.4, 0.5) is 8.78 Å². The first-order valence-corrected chi connectivity index (χ1v) is 6.36. The van der Waals surface area contributed by atoms with E-state index in [1.165, 1.54) is 6.07 Å². The van der Waals surface area contributed by atoms with E-state index in [4.69, 9.17) is 15.2 Å². The molecule has 19 heavy (non-hydrogen) atoms. The average molecular weight is 273 g/mol. The fourth-order valence-corrected chi connectivity index (χ4v) is 1.49. The number of ether oxygens (including phenoxy) is 2. The second kappa shape index (κ2) is 8.19. The second-order valence-electron chi connectivity index (χ2n) is 4.82. The topological polar surface area (TPSA) is 44.5 Å². The molecule has 0 heterocycles. The maximum absolute atomic E-state index is 13.0. The first-order chi connectivity index (χ1) is 9.00. The molecule has 5 heteroatoms. The van der Waals surface area contributed by atoms with Crippen LogP contribution in [0, 0.1) is 17.6 Å². The zero-order valence-corrected chi connectivity index (χ0v) is 11.4. The predicted molar refractivity (Wildman–Crippen MR) is 69.8 cm³/mol. The lowest BCUT2D eigenvalue weighted by molar-refractivity contribution is 0.0333. The lowest BCUT2D eigenvalue weighted by Gasteiger charge is -2.13. The first kappa shape index (κ1) is 16.0. The summed E-state index contributed by atoms with van der Waals surface area (Å²) in [5.41, 5.74) is 6.34. The molecule has 0 aromatic heterocycles. The van der Waals surface area contributed by atoms with Gasteiger partial charge in [-0.15, -0.1) is 0 Å². The minimum absolute atomic E-state index is 0.246. The highest BCUT2D eigenvalue weighted by atomic mass is 19.2. The minimum Gasteiger partial charge on any atom is -0.379 e. The van der Waals surface area contributed by atoms with Gasteiger partial charge in [-0.1, -0.05) is 19.9 Å². The Hall–Kier alpha value is -1.04. The van der Waals surface area contributed by atoms with Gasteiger partial charge in [0.05, 0.1) is 25.9 Å². The standard InChI is InChI=1S/C14H21F2NO2/c1-10(2)8-18-5-6-19-9-14(17)11-3-4-12(15)13(16)7-11/h3-4,7,10,14H,5-6,8-9,17H2,1-2H3. The number of hydrogen-bond acceptors (Lipinski definition) is 3. The third-order valence-electron chi connectivity index (χ3n) is 2.49. The van der Waals surface area contributed by atoms with Gasteiger partial charge in [0, 0.05) is 6.61 Å². The van der Waals surface area contributed by atoms with Gasteiger partial charge in [-0.2, -0.15) is 0 Å². The van der Waals surface area contributed by atoms with E-state index in [-0.39, 0.29) is 6.61 Å². The van der Waals surface area contributed by atoms with E-state index in [1.807, 2.05) is 0 Å². The fourth-order valence-electron chi connectivity index (χ4n) is 1.49. The van der Waals surface area contributed by atoms with Gasteiger partial charge in [-0.3, -0.25) is 0 Å². The molecule has 1 aromatic carbocycles. The molecule has 108 valence electrons. The van der Waals surface area contributed by atoms with Gasteiger partial charge in [0.1, 0.15) is 0 Å². The fraction of sp³-hybridized carbons (Fsp3) is 0.571. The molecule has 0 aliphatic carbocycles. The molecular formula is C14H21F2NO2. The molecule has 0 aliphatic rings. The van der Waals surface area contributed by atoms with Crippen molar-refractivity contribution in [3.8, 4) is 0 Å². The molecule has 1 rings (SSSR count). The van der Waals surface area contributed by atoms with E-state index < -0.39 is 17.7 Å². The van der Waals surface area contributed by atoms with Crippen LogP contribution in [0.1, 0.15) is 25.5 Å². The van der Waals surface area contributed by atoms with E-state index in [0.29, 0.717) is 31.3 Å². The molecule has 1 unspecified atom stereocenters. The average Bonchev–Trinajstić information content (AvgIpc) is 2.36. The molecule has 0 amide bonds. The first-order valence-electron chi connectivity index (χ1n) is 6.36. The number of nitrogens with two attached hydrogens (primary N) is 1. The van der Waals surface area contributed by atoms with Gasteiger partial charge >= 0.3 is 0 Å². The molecule has 1 aromatic rings. The van der Waals surface area contributed by atoms with Crippen LogP contribution in [0.5, 0.6) is 0 Å². The summed E-state index contributed by atoms with van der Waals surface area (Å²) in [5, 5.41) is 0. The van der Waals surface area contributed by atoms with Crippen molar-refractivity contribution in [2.75, 3.05) is 26.4 Å². The Bertz CT molecular complexity index is 386. The van der Waals surface area contributed by atoms with Crippen molar-refractivity contribution >= 4 is 0 Å². The Morgan fingerprint density at radius 1 is 1.05 bits per heavy atom. The molecule has 0 aliphatic heterocycles. The summed E-state index contributed by atoms with van der Waals surface area (Å²) in [6, 6.07) is 3.15. The zero-order chi connectivity index (χ0) is 14.3. The highest BCUT2D eigenvalue weighted by Crippen LogP contribution is 2.14. The van der Waals surface area contributed by atoms with Crippen LogP contribution in [0.25, 0.3) is 0 Å². The Balaban J connectivity index is 2.23. The predicted octanol–water partition coefficient (Wildman–Crippen LogP) is 2.65. The van der Waals surface area contributed by atoms with Crippen LogP contribution in [-0.4, -0.2) is 26.4 Å². The Labute approximate surface area is 112 Å². The number of halogens is 2. The maximum atomic E-state index is 13.0. The van der Waals surface area contributed by atoms with Gasteiger partial charge in [0.15, 0.2) is 11.6 Å². The van der Waals surface area contributed by atoms with Crippen LogP contribution >= 0.6 is 0 Å². The number of rotatable bonds is 8. The minimum atomic E-state index is -0.895. The van der Waals surface area contributed by atoms with Crippen LogP contribution in [0.2, 0.25) is 0 Å². The molecule has 0 saturated carbocycles. The summed E-state index contributed by atoms with van der Waals surface area (Å²) in [4.78, 5) is 0. The molecule has 1 atom stereocenters. The molecule has 0 spiro atoms. The number of benzene rings is 1. The van der Waals surface area contributed by atoms with E-state index in [2.05, 4.69) is 13.8 Å². The number of hydrogen-bond donors (Lipinski definition) is 1. The molecule has 0 radical (unpaired) electrons. The van der Waals surface area contributed by atoms with Crippen molar-refractivity contribution in [3.63, 3.8) is 0 Å². The highest BCUT2D eigenvalue weighted by molar-refractivity contribution is 5.20. The van der Waals surface area contributed by atoms with Crippen molar-refractivity contribution < 1.29 is 18.3 Å². The summed E-state index contributed by atoms with van der Waals surface area (Å²) < 4.78 is 36.4. The largest absolute Gasteiger partial charge is 0.379 e. The lowest BCUT2D eigenvalue weighted by Crippen LogP contribution is -2.19. The molecular weight excluding hydrogens is 252 g/mol. The van der Waals surface area contributed by atoms with Gasteiger partial charge in [0.2, 0.25) is 0 Å². The molecule has 3 nitrogen and oxygen atoms in total. The SMILES string of the molecule is CC(C)COCCOCC(N)c1ccc(F)c(F)c1. The zero-order valence-electron chi connectivity index (χ0n) is 11.4. The molecule has 0 bridgehead atoms. The molecule has 2 N–H and O–H groups in total. The maximum Gasteiger partial charge on any atom is 0.159 e. The summed E-state index contributed by atoms with van der Waals surface area (Å²) >= 11 is 0. The van der Waals surface area contributed by atoms with Gasteiger partial charge in [-0.05, 0) is 23.6 Å². The molecule has 0 fully saturated rings. The van der Waals surface area contributed by atoms with Crippen LogP contribution in [0.3, 0.4) is 0 Å². The third-order valence-corrected chi connectivity index (χ3v) is 2.49. The monoisotopic (exact) mass is 273 g/mol. The summed E-state index contributed by atoms with van der Waals surface area (Å²) in [7, 11) is 0. The van der Waals surface area contributed by atoms with E-state index in [1.54, 1.807) is 0 Å². The van der Waals surface area contributed by atoms with Crippen molar-refractivity contribution in [1.29, 1.82) is 0 Å². The second-order valence-corrected chi connectivity index (χ2v) is 4.82. The van der Waals surface area contributed by atoms with E-state index in [9.17, 15) is 8.78 Å². The van der Waals surface area contributed by atoms with Crippen LogP contribution in [-0.2, 0) is 9.47 Å². The normalized spacial score (nSPS) is 12.9. The summed E-state index contributed by atoms with van der Waals surface area (Å²) in [6.45, 7) is 6.02. The summed E-state index contributed by atoms with van der Waals surface area (Å²) in [5.74, 6) is -1.28. The highest BCUT2D eigenvalue weighted by Gasteiger charge is 2.09. The summed E-state index contributed by atoms with van der Waals surface area (Å²) in [6.07, 6.45) is 0. The van der Waals surface area contributed by atoms with E-state index in [0.717, 1.165) is 12.1 Å². The van der Waals surface area contributed by atoms with Gasteiger partial charge in [-0.25, -0.2) is 8.78 Å². The van der Waals surface area contributed by atoms with Crippen molar-refractivity contribution in [1.82, 2.24) is 0 Å². The smallest absolute Gasteiger partial charge is 0.159 e. The van der Waals surface area contributed by atoms with Gasteiger partial charge in [0.25, 0.3) is 0 Å². The van der Waals surface area contributed by atoms with Crippen molar-refractivity contribution in [2.45, 2.75) is 19.9 Å². The van der Waals surface area contributed by atoms with Crippen LogP contribution in [0.15, 0.2) is 18.2 Å². The Morgan fingerprint density at radius 3 is 2.26 bits per heavy atom. The Kier molecular flexibility index (Phi) is 6.91.